The van der Waals surface area contributed by atoms with Crippen molar-refractivity contribution in [2.24, 2.45) is 0 Å². The van der Waals surface area contributed by atoms with E-state index in [1.165, 1.54) is 9.80 Å². The first kappa shape index (κ1) is 23.3. The Bertz CT molecular complexity index is 1630. The van der Waals surface area contributed by atoms with E-state index >= 15 is 0 Å². The number of para-hydroxylation sites is 2. The van der Waals surface area contributed by atoms with Crippen LogP contribution in [0.1, 0.15) is 22.9 Å². The molecule has 9 nitrogen and oxygen atoms in total. The first-order valence-electron chi connectivity index (χ1n) is 12.9. The number of nitrogens with zero attached hydrogens (tertiary/aromatic N) is 3. The molecule has 1 N–H and O–H groups in total. The number of carbonyl (C=O) groups is 3. The van der Waals surface area contributed by atoms with E-state index in [1.54, 1.807) is 11.9 Å². The summed E-state index contributed by atoms with van der Waals surface area (Å²) >= 11 is 0. The smallest absolute Gasteiger partial charge is 0.246 e. The number of hydrogen-bond donors (Lipinski definition) is 1. The number of carbonyl (C=O) groups excluding carboxylic acids is 3. The van der Waals surface area contributed by atoms with Crippen LogP contribution in [-0.4, -0.2) is 65.5 Å². The molecule has 4 heterocycles. The van der Waals surface area contributed by atoms with E-state index in [1.807, 2.05) is 72.8 Å². The zero-order valence-corrected chi connectivity index (χ0v) is 21.3. The van der Waals surface area contributed by atoms with Gasteiger partial charge in [0.2, 0.25) is 24.5 Å². The fraction of sp³-hybridized carbons (Fsp3) is 0.233. The molecule has 0 radical (unpaired) electrons. The number of nitrogens with one attached hydrogen (secondary N) is 1. The number of rotatable bonds is 4. The molecule has 3 aromatic carbocycles. The van der Waals surface area contributed by atoms with Gasteiger partial charge in [0.25, 0.3) is 0 Å². The summed E-state index contributed by atoms with van der Waals surface area (Å²) in [5.41, 5.74) is 4.39. The molecule has 2 atom stereocenters. The zero-order chi connectivity index (χ0) is 26.7. The number of ether oxygens (including phenoxy) is 2. The Morgan fingerprint density at radius 3 is 2.62 bits per heavy atom. The molecule has 0 saturated carbocycles. The minimum atomic E-state index is -0.733. The topological polar surface area (TPSA) is 95.2 Å². The second-order valence-electron chi connectivity index (χ2n) is 10.1. The van der Waals surface area contributed by atoms with Crippen LogP contribution in [0.2, 0.25) is 0 Å². The van der Waals surface area contributed by atoms with Crippen molar-refractivity contribution >= 4 is 34.3 Å². The summed E-state index contributed by atoms with van der Waals surface area (Å²) in [5.74, 6) is 0.565. The van der Waals surface area contributed by atoms with Gasteiger partial charge >= 0.3 is 0 Å². The Balaban J connectivity index is 1.26. The number of amides is 3. The quantitative estimate of drug-likeness (QED) is 0.444. The number of fused-ring (bicyclic) bond motifs is 5. The first-order chi connectivity index (χ1) is 19.0. The highest BCUT2D eigenvalue weighted by Crippen LogP contribution is 2.44. The Kier molecular flexibility index (Phi) is 5.33. The van der Waals surface area contributed by atoms with Crippen molar-refractivity contribution in [3.8, 4) is 11.5 Å². The van der Waals surface area contributed by atoms with E-state index < -0.39 is 12.1 Å². The van der Waals surface area contributed by atoms with E-state index in [9.17, 15) is 14.4 Å². The molecule has 1 saturated heterocycles. The van der Waals surface area contributed by atoms with Crippen molar-refractivity contribution in [1.82, 2.24) is 14.8 Å². The van der Waals surface area contributed by atoms with Gasteiger partial charge in [0.1, 0.15) is 19.1 Å². The summed E-state index contributed by atoms with van der Waals surface area (Å²) in [6.07, 6.45) is 0.365. The lowest BCUT2D eigenvalue weighted by Crippen LogP contribution is -2.64. The van der Waals surface area contributed by atoms with E-state index in [4.69, 9.17) is 9.47 Å². The molecule has 0 unspecified atom stereocenters. The number of likely N-dealkylation sites (N-methyl/N-ethyl adjacent to an activating group) is 1. The van der Waals surface area contributed by atoms with E-state index in [0.717, 1.165) is 33.4 Å². The first-order valence-corrected chi connectivity index (χ1v) is 12.9. The molecule has 0 aliphatic carbocycles. The van der Waals surface area contributed by atoms with Crippen molar-refractivity contribution < 1.29 is 23.9 Å². The maximum atomic E-state index is 13.9. The number of hydrogen-bond acceptors (Lipinski definition) is 5. The summed E-state index contributed by atoms with van der Waals surface area (Å²) < 4.78 is 11.1. The third kappa shape index (κ3) is 3.72. The summed E-state index contributed by atoms with van der Waals surface area (Å²) in [4.78, 5) is 49.0. The molecule has 7 rings (SSSR count). The molecule has 196 valence electrons. The number of benzene rings is 3. The van der Waals surface area contributed by atoms with Crippen LogP contribution in [0.4, 0.5) is 5.69 Å². The second-order valence-corrected chi connectivity index (χ2v) is 10.1. The third-order valence-corrected chi connectivity index (χ3v) is 7.90. The fourth-order valence-electron chi connectivity index (χ4n) is 5.95. The molecule has 1 fully saturated rings. The minimum Gasteiger partial charge on any atom is -0.454 e. The van der Waals surface area contributed by atoms with Gasteiger partial charge in [-0.2, -0.15) is 0 Å². The predicted molar refractivity (Wildman–Crippen MR) is 143 cm³/mol. The highest BCUT2D eigenvalue weighted by atomic mass is 16.7. The van der Waals surface area contributed by atoms with Crippen molar-refractivity contribution in [2.75, 3.05) is 31.8 Å². The lowest BCUT2D eigenvalue weighted by atomic mass is 9.86. The van der Waals surface area contributed by atoms with Gasteiger partial charge in [-0.1, -0.05) is 42.5 Å². The molecule has 9 heteroatoms. The van der Waals surface area contributed by atoms with Crippen LogP contribution in [0.3, 0.4) is 0 Å². The van der Waals surface area contributed by atoms with Crippen LogP contribution in [0, 0.1) is 0 Å². The van der Waals surface area contributed by atoms with Crippen LogP contribution < -0.4 is 14.4 Å². The summed E-state index contributed by atoms with van der Waals surface area (Å²) in [5, 5.41) is 1.02. The summed E-state index contributed by atoms with van der Waals surface area (Å²) in [7, 11) is 1.68. The number of aromatic amines is 1. The van der Waals surface area contributed by atoms with Gasteiger partial charge in [-0.05, 0) is 41.5 Å². The lowest BCUT2D eigenvalue weighted by Gasteiger charge is -2.47. The van der Waals surface area contributed by atoms with Crippen LogP contribution in [0.25, 0.3) is 10.9 Å². The predicted octanol–water partition coefficient (Wildman–Crippen LogP) is 3.24. The Morgan fingerprint density at radius 1 is 1.00 bits per heavy atom. The van der Waals surface area contributed by atoms with Gasteiger partial charge in [0.15, 0.2) is 11.5 Å². The molecule has 3 aliphatic rings. The normalized spacial score (nSPS) is 19.7. The fourth-order valence-corrected chi connectivity index (χ4v) is 5.95. The molecule has 3 amide bonds. The Labute approximate surface area is 224 Å². The largest absolute Gasteiger partial charge is 0.454 e. The number of anilines is 1. The maximum Gasteiger partial charge on any atom is 0.246 e. The molecule has 1 aromatic heterocycles. The molecular weight excluding hydrogens is 496 g/mol. The van der Waals surface area contributed by atoms with Gasteiger partial charge in [0, 0.05) is 35.8 Å². The standard InChI is InChI=1S/C30H26N4O5/c1-32(19-7-3-2-4-8-19)26(35)15-33-16-27(36)34-23(30(33)37)14-21-20-9-5-6-10-22(20)31-28(21)29(34)18-11-12-24-25(13-18)39-17-38-24/h2-13,23,29,31H,14-17H2,1H3/t23-,29-/m1/s1. The molecule has 0 spiro atoms. The van der Waals surface area contributed by atoms with Crippen molar-refractivity contribution in [3.63, 3.8) is 0 Å². The second kappa shape index (κ2) is 8.90. The van der Waals surface area contributed by atoms with Crippen LogP contribution in [-0.2, 0) is 20.8 Å². The molecule has 0 bridgehead atoms. The Hall–Kier alpha value is -4.79. The van der Waals surface area contributed by atoms with Gasteiger partial charge in [-0.15, -0.1) is 0 Å². The third-order valence-electron chi connectivity index (χ3n) is 7.90. The highest BCUT2D eigenvalue weighted by molar-refractivity contribution is 6.01. The molecule has 3 aliphatic heterocycles. The molecule has 39 heavy (non-hydrogen) atoms. The highest BCUT2D eigenvalue weighted by Gasteiger charge is 2.48. The summed E-state index contributed by atoms with van der Waals surface area (Å²) in [6.45, 7) is -0.193. The van der Waals surface area contributed by atoms with Crippen molar-refractivity contribution in [1.29, 1.82) is 0 Å². The molecular formula is C30H26N4O5. The van der Waals surface area contributed by atoms with E-state index in [2.05, 4.69) is 4.98 Å². The monoisotopic (exact) mass is 522 g/mol. The number of H-pyrrole nitrogens is 1. The van der Waals surface area contributed by atoms with Crippen LogP contribution in [0.5, 0.6) is 11.5 Å². The lowest BCUT2D eigenvalue weighted by molar-refractivity contribution is -0.159. The van der Waals surface area contributed by atoms with Crippen molar-refractivity contribution in [3.05, 3.63) is 89.6 Å². The van der Waals surface area contributed by atoms with Crippen molar-refractivity contribution in [2.45, 2.75) is 18.5 Å². The molecule has 4 aromatic rings. The van der Waals surface area contributed by atoms with E-state index in [-0.39, 0.29) is 37.6 Å². The number of piperazine rings is 1. The van der Waals surface area contributed by atoms with Gasteiger partial charge in [0.05, 0.1) is 6.04 Å². The average molecular weight is 523 g/mol. The van der Waals surface area contributed by atoms with Crippen LogP contribution >= 0.6 is 0 Å². The minimum absolute atomic E-state index is 0.144. The van der Waals surface area contributed by atoms with Gasteiger partial charge in [-0.3, -0.25) is 14.4 Å². The SMILES string of the molecule is CN(C(=O)CN1CC(=O)N2[C@H](c3ccc4c(c3)OCO4)c3[nH]c4ccccc4c3C[C@@H]2C1=O)c1ccccc1. The summed E-state index contributed by atoms with van der Waals surface area (Å²) in [6, 6.07) is 21.6. The van der Waals surface area contributed by atoms with Gasteiger partial charge < -0.3 is 29.2 Å². The van der Waals surface area contributed by atoms with Crippen LogP contribution in [0.15, 0.2) is 72.8 Å². The maximum absolute atomic E-state index is 13.9. The average Bonchev–Trinajstić information content (AvgIpc) is 3.58. The zero-order valence-electron chi connectivity index (χ0n) is 21.3. The van der Waals surface area contributed by atoms with Gasteiger partial charge in [-0.25, -0.2) is 0 Å². The Morgan fingerprint density at radius 2 is 1.77 bits per heavy atom. The van der Waals surface area contributed by atoms with E-state index in [0.29, 0.717) is 17.9 Å². The number of aromatic nitrogens is 1.